The number of methoxy groups -OCH3 is 1. The first-order valence-electron chi connectivity index (χ1n) is 11.6. The highest BCUT2D eigenvalue weighted by Crippen LogP contribution is 2.38. The number of aromatic nitrogens is 4. The van der Waals surface area contributed by atoms with Crippen LogP contribution in [0.2, 0.25) is 0 Å². The number of ether oxygens (including phenoxy) is 1. The molecule has 32 heavy (non-hydrogen) atoms. The minimum absolute atomic E-state index is 0.0340. The van der Waals surface area contributed by atoms with Gasteiger partial charge in [-0.15, -0.1) is 0 Å². The fourth-order valence-electron chi connectivity index (χ4n) is 4.96. The van der Waals surface area contributed by atoms with Crippen molar-refractivity contribution in [3.63, 3.8) is 0 Å². The fourth-order valence-corrected chi connectivity index (χ4v) is 4.96. The Morgan fingerprint density at radius 3 is 2.81 bits per heavy atom. The Bertz CT molecular complexity index is 1100. The van der Waals surface area contributed by atoms with E-state index in [1.165, 1.54) is 12.8 Å². The summed E-state index contributed by atoms with van der Waals surface area (Å²) in [4.78, 5) is 12.3. The van der Waals surface area contributed by atoms with Gasteiger partial charge in [0.15, 0.2) is 5.65 Å². The fraction of sp³-hybridized carbons (Fsp3) is 0.542. The third kappa shape index (κ3) is 3.77. The second kappa shape index (κ2) is 8.24. The minimum atomic E-state index is 0.0340. The van der Waals surface area contributed by atoms with Gasteiger partial charge in [-0.3, -0.25) is 0 Å². The molecule has 2 aliphatic heterocycles. The van der Waals surface area contributed by atoms with Gasteiger partial charge in [0.05, 0.1) is 19.3 Å². The van der Waals surface area contributed by atoms with Gasteiger partial charge in [0, 0.05) is 30.6 Å². The molecule has 0 saturated carbocycles. The molecule has 1 spiro atoms. The molecular formula is C24H33N7O. The summed E-state index contributed by atoms with van der Waals surface area (Å²) in [6, 6.07) is 8.15. The van der Waals surface area contributed by atoms with E-state index in [-0.39, 0.29) is 6.04 Å². The van der Waals surface area contributed by atoms with E-state index in [0.717, 1.165) is 60.6 Å². The van der Waals surface area contributed by atoms with E-state index in [1.807, 2.05) is 22.8 Å². The van der Waals surface area contributed by atoms with Crippen LogP contribution in [-0.4, -0.2) is 52.9 Å². The standard InChI is InChI=1S/C24H33N7O/c1-16(2)20-13-26-31-21(20)28-22(30-11-9-24(15-30)8-10-25-14-24)29-23(31)27-17(3)18-6-5-7-19(12-18)32-4/h5-7,12-13,16-17,25H,8-11,14-15H2,1-4H3,(H,27,28,29)/t17-,24?/m0/s1. The number of hydrogen-bond acceptors (Lipinski definition) is 7. The van der Waals surface area contributed by atoms with Crippen molar-refractivity contribution in [3.05, 3.63) is 41.6 Å². The number of fused-ring (bicyclic) bond motifs is 1. The molecule has 0 bridgehead atoms. The number of rotatable bonds is 6. The molecule has 2 saturated heterocycles. The number of nitrogens with zero attached hydrogens (tertiary/aromatic N) is 5. The first kappa shape index (κ1) is 21.0. The highest BCUT2D eigenvalue weighted by molar-refractivity contribution is 5.57. The van der Waals surface area contributed by atoms with Crippen LogP contribution in [0.3, 0.4) is 0 Å². The van der Waals surface area contributed by atoms with E-state index >= 15 is 0 Å². The molecule has 1 aromatic carbocycles. The van der Waals surface area contributed by atoms with Gasteiger partial charge >= 0.3 is 0 Å². The van der Waals surface area contributed by atoms with Crippen LogP contribution < -0.4 is 20.3 Å². The van der Waals surface area contributed by atoms with Crippen LogP contribution in [0.15, 0.2) is 30.5 Å². The maximum atomic E-state index is 5.40. The van der Waals surface area contributed by atoms with Crippen molar-refractivity contribution in [3.8, 4) is 5.75 Å². The normalized spacial score (nSPS) is 21.7. The van der Waals surface area contributed by atoms with Crippen LogP contribution in [0.25, 0.3) is 5.65 Å². The zero-order valence-electron chi connectivity index (χ0n) is 19.4. The highest BCUT2D eigenvalue weighted by atomic mass is 16.5. The van der Waals surface area contributed by atoms with E-state index in [0.29, 0.717) is 11.3 Å². The SMILES string of the molecule is COc1cccc([C@H](C)Nc2nc(N3CCC4(CCNC4)C3)nc3c(C(C)C)cnn23)c1. The van der Waals surface area contributed by atoms with E-state index in [2.05, 4.69) is 53.5 Å². The summed E-state index contributed by atoms with van der Waals surface area (Å²) in [6.45, 7) is 10.7. The van der Waals surface area contributed by atoms with Crippen molar-refractivity contribution in [2.75, 3.05) is 43.5 Å². The lowest BCUT2D eigenvalue weighted by Gasteiger charge is -2.23. The Morgan fingerprint density at radius 2 is 2.06 bits per heavy atom. The summed E-state index contributed by atoms with van der Waals surface area (Å²) in [7, 11) is 1.69. The summed E-state index contributed by atoms with van der Waals surface area (Å²) in [5.74, 6) is 2.70. The van der Waals surface area contributed by atoms with Crippen LogP contribution >= 0.6 is 0 Å². The molecule has 8 heteroatoms. The Balaban J connectivity index is 1.51. The topological polar surface area (TPSA) is 79.6 Å². The Labute approximate surface area is 189 Å². The lowest BCUT2D eigenvalue weighted by molar-refractivity contribution is 0.369. The number of nitrogens with one attached hydrogen (secondary N) is 2. The number of anilines is 2. The first-order chi connectivity index (χ1) is 15.5. The maximum absolute atomic E-state index is 5.40. The van der Waals surface area contributed by atoms with Crippen molar-refractivity contribution in [1.82, 2.24) is 24.9 Å². The van der Waals surface area contributed by atoms with Crippen molar-refractivity contribution >= 4 is 17.5 Å². The van der Waals surface area contributed by atoms with Gasteiger partial charge in [0.2, 0.25) is 11.9 Å². The molecule has 1 unspecified atom stereocenters. The highest BCUT2D eigenvalue weighted by Gasteiger charge is 2.41. The van der Waals surface area contributed by atoms with Crippen LogP contribution in [0, 0.1) is 5.41 Å². The van der Waals surface area contributed by atoms with Gasteiger partial charge in [-0.1, -0.05) is 26.0 Å². The third-order valence-corrected chi connectivity index (χ3v) is 7.00. The molecular weight excluding hydrogens is 402 g/mol. The monoisotopic (exact) mass is 435 g/mol. The smallest absolute Gasteiger partial charge is 0.230 e. The van der Waals surface area contributed by atoms with Crippen molar-refractivity contribution in [2.45, 2.75) is 45.6 Å². The lowest BCUT2D eigenvalue weighted by Crippen LogP contribution is -2.30. The number of benzene rings is 1. The molecule has 2 N–H and O–H groups in total. The molecule has 2 aromatic heterocycles. The molecule has 3 aromatic rings. The van der Waals surface area contributed by atoms with Crippen LogP contribution in [0.4, 0.5) is 11.9 Å². The Hall–Kier alpha value is -2.87. The van der Waals surface area contributed by atoms with Gasteiger partial charge in [-0.25, -0.2) is 0 Å². The molecule has 2 aliphatic rings. The summed E-state index contributed by atoms with van der Waals surface area (Å²) in [6.07, 6.45) is 4.34. The molecule has 0 radical (unpaired) electrons. The summed E-state index contributed by atoms with van der Waals surface area (Å²) in [5, 5.41) is 11.8. The largest absolute Gasteiger partial charge is 0.497 e. The second-order valence-electron chi connectivity index (χ2n) is 9.58. The lowest BCUT2D eigenvalue weighted by atomic mass is 9.87. The van der Waals surface area contributed by atoms with Crippen molar-refractivity contribution < 1.29 is 4.74 Å². The first-order valence-corrected chi connectivity index (χ1v) is 11.6. The maximum Gasteiger partial charge on any atom is 0.230 e. The molecule has 4 heterocycles. The van der Waals surface area contributed by atoms with Gasteiger partial charge in [0.25, 0.3) is 0 Å². The Kier molecular flexibility index (Phi) is 5.41. The van der Waals surface area contributed by atoms with Crippen LogP contribution in [0.5, 0.6) is 5.75 Å². The molecule has 0 aliphatic carbocycles. The van der Waals surface area contributed by atoms with Crippen LogP contribution in [0.1, 0.15) is 56.7 Å². The van der Waals surface area contributed by atoms with Gasteiger partial charge in [-0.2, -0.15) is 19.6 Å². The van der Waals surface area contributed by atoms with E-state index < -0.39 is 0 Å². The summed E-state index contributed by atoms with van der Waals surface area (Å²) in [5.41, 5.74) is 3.52. The third-order valence-electron chi connectivity index (χ3n) is 7.00. The average Bonchev–Trinajstić information content (AvgIpc) is 3.54. The van der Waals surface area contributed by atoms with E-state index in [1.54, 1.807) is 7.11 Å². The zero-order valence-corrected chi connectivity index (χ0v) is 19.4. The molecule has 170 valence electrons. The van der Waals surface area contributed by atoms with E-state index in [4.69, 9.17) is 14.7 Å². The average molecular weight is 436 g/mol. The quantitative estimate of drug-likeness (QED) is 0.612. The molecule has 8 nitrogen and oxygen atoms in total. The molecule has 0 amide bonds. The predicted octanol–water partition coefficient (Wildman–Crippen LogP) is 3.62. The van der Waals surface area contributed by atoms with Gasteiger partial charge in [-0.05, 0) is 49.9 Å². The number of hydrogen-bond donors (Lipinski definition) is 2. The molecule has 5 rings (SSSR count). The predicted molar refractivity (Wildman–Crippen MR) is 127 cm³/mol. The minimum Gasteiger partial charge on any atom is -0.497 e. The molecule has 2 fully saturated rings. The van der Waals surface area contributed by atoms with Crippen molar-refractivity contribution in [2.24, 2.45) is 5.41 Å². The van der Waals surface area contributed by atoms with Crippen molar-refractivity contribution in [1.29, 1.82) is 0 Å². The van der Waals surface area contributed by atoms with Crippen LogP contribution in [-0.2, 0) is 0 Å². The summed E-state index contributed by atoms with van der Waals surface area (Å²) >= 11 is 0. The van der Waals surface area contributed by atoms with Gasteiger partial charge < -0.3 is 20.3 Å². The molecule has 2 atom stereocenters. The summed E-state index contributed by atoms with van der Waals surface area (Å²) < 4.78 is 7.25. The Morgan fingerprint density at radius 1 is 1.19 bits per heavy atom. The van der Waals surface area contributed by atoms with Gasteiger partial charge in [0.1, 0.15) is 5.75 Å². The second-order valence-corrected chi connectivity index (χ2v) is 9.58. The zero-order chi connectivity index (χ0) is 22.3. The van der Waals surface area contributed by atoms with E-state index in [9.17, 15) is 0 Å².